The molecule has 2 aromatic carbocycles. The predicted octanol–water partition coefficient (Wildman–Crippen LogP) is 1.76. The number of hydrogen-bond donors (Lipinski definition) is 1. The molecule has 0 radical (unpaired) electrons. The molecule has 0 saturated carbocycles. The maximum Gasteiger partial charge on any atom is 0.324 e. The van der Waals surface area contributed by atoms with Crippen molar-refractivity contribution >= 4 is 33.4 Å². The van der Waals surface area contributed by atoms with Crippen LogP contribution in [-0.4, -0.2) is 45.8 Å². The Labute approximate surface area is 169 Å². The van der Waals surface area contributed by atoms with Crippen molar-refractivity contribution in [3.63, 3.8) is 0 Å². The minimum absolute atomic E-state index is 0.0953. The number of Topliss-reactive ketones (excluding diaryl/α,β-unsaturated/α-hetero) is 1. The second-order valence-corrected chi connectivity index (χ2v) is 8.03. The quantitative estimate of drug-likeness (QED) is 0.517. The predicted molar refractivity (Wildman–Crippen MR) is 107 cm³/mol. The van der Waals surface area contributed by atoms with Crippen LogP contribution in [0.15, 0.2) is 59.5 Å². The zero-order chi connectivity index (χ0) is 21.6. The zero-order valence-corrected chi connectivity index (χ0v) is 17.1. The van der Waals surface area contributed by atoms with Crippen molar-refractivity contribution in [1.82, 2.24) is 4.72 Å². The number of esters is 1. The number of rotatable bonds is 8. The molecular weight excluding hydrogens is 396 g/mol. The standard InChI is InChI=1S/C20H22N2O6S/c1-14(21-29(26,27)18-11-9-16(10-12-18)15(2)23)20(25)28-13-19(24)22(3)17-7-5-4-6-8-17/h4-12,14,21H,13H2,1-3H3/t14-/m0/s1. The summed E-state index contributed by atoms with van der Waals surface area (Å²) in [7, 11) is -2.46. The largest absolute Gasteiger partial charge is 0.454 e. The van der Waals surface area contributed by atoms with Gasteiger partial charge in [0.05, 0.1) is 4.90 Å². The smallest absolute Gasteiger partial charge is 0.324 e. The number of hydrogen-bond acceptors (Lipinski definition) is 6. The van der Waals surface area contributed by atoms with E-state index in [1.54, 1.807) is 31.3 Å². The summed E-state index contributed by atoms with van der Waals surface area (Å²) in [6.07, 6.45) is 0. The van der Waals surface area contributed by atoms with Crippen molar-refractivity contribution in [3.8, 4) is 0 Å². The van der Waals surface area contributed by atoms with E-state index in [0.717, 1.165) is 0 Å². The molecule has 29 heavy (non-hydrogen) atoms. The molecule has 0 heterocycles. The van der Waals surface area contributed by atoms with Crippen LogP contribution in [0.25, 0.3) is 0 Å². The highest BCUT2D eigenvalue weighted by Gasteiger charge is 2.24. The van der Waals surface area contributed by atoms with E-state index in [1.807, 2.05) is 6.07 Å². The summed E-state index contributed by atoms with van der Waals surface area (Å²) >= 11 is 0. The van der Waals surface area contributed by atoms with Crippen LogP contribution in [0.5, 0.6) is 0 Å². The van der Waals surface area contributed by atoms with Gasteiger partial charge in [0.15, 0.2) is 12.4 Å². The fourth-order valence-electron chi connectivity index (χ4n) is 2.37. The van der Waals surface area contributed by atoms with Crippen LogP contribution < -0.4 is 9.62 Å². The molecule has 0 fully saturated rings. The highest BCUT2D eigenvalue weighted by Crippen LogP contribution is 2.13. The summed E-state index contributed by atoms with van der Waals surface area (Å²) in [5.41, 5.74) is 1.01. The van der Waals surface area contributed by atoms with Crippen LogP contribution in [0.3, 0.4) is 0 Å². The Bertz CT molecular complexity index is 987. The third kappa shape index (κ3) is 5.97. The van der Waals surface area contributed by atoms with Gasteiger partial charge in [-0.25, -0.2) is 8.42 Å². The molecule has 0 unspecified atom stereocenters. The fourth-order valence-corrected chi connectivity index (χ4v) is 3.56. The molecule has 0 aliphatic heterocycles. The summed E-state index contributed by atoms with van der Waals surface area (Å²) in [4.78, 5) is 36.8. The molecule has 1 N–H and O–H groups in total. The number of para-hydroxylation sites is 1. The number of amides is 1. The minimum atomic E-state index is -4.00. The lowest BCUT2D eigenvalue weighted by Crippen LogP contribution is -2.41. The Morgan fingerprint density at radius 3 is 2.17 bits per heavy atom. The second kappa shape index (κ2) is 9.44. The Balaban J connectivity index is 1.94. The van der Waals surface area contributed by atoms with Crippen molar-refractivity contribution in [2.24, 2.45) is 0 Å². The number of likely N-dealkylation sites (N-methyl/N-ethyl adjacent to an activating group) is 1. The molecule has 1 amide bonds. The Morgan fingerprint density at radius 2 is 1.62 bits per heavy atom. The molecule has 1 atom stereocenters. The zero-order valence-electron chi connectivity index (χ0n) is 16.3. The monoisotopic (exact) mass is 418 g/mol. The van der Waals surface area contributed by atoms with Crippen molar-refractivity contribution in [2.45, 2.75) is 24.8 Å². The summed E-state index contributed by atoms with van der Waals surface area (Å²) in [5, 5.41) is 0. The van der Waals surface area contributed by atoms with E-state index in [0.29, 0.717) is 11.3 Å². The second-order valence-electron chi connectivity index (χ2n) is 6.32. The Hall–Kier alpha value is -3.04. The summed E-state index contributed by atoms with van der Waals surface area (Å²) < 4.78 is 31.9. The van der Waals surface area contributed by atoms with Crippen molar-refractivity contribution in [2.75, 3.05) is 18.6 Å². The molecule has 2 aromatic rings. The van der Waals surface area contributed by atoms with Crippen LogP contribution >= 0.6 is 0 Å². The van der Waals surface area contributed by atoms with E-state index in [-0.39, 0.29) is 10.7 Å². The summed E-state index contributed by atoms with van der Waals surface area (Å²) in [6.45, 7) is 2.16. The number of sulfonamides is 1. The lowest BCUT2D eigenvalue weighted by Gasteiger charge is -2.18. The number of anilines is 1. The first-order valence-electron chi connectivity index (χ1n) is 8.73. The lowest BCUT2D eigenvalue weighted by atomic mass is 10.2. The van der Waals surface area contributed by atoms with Crippen LogP contribution in [0.1, 0.15) is 24.2 Å². The Morgan fingerprint density at radius 1 is 1.03 bits per heavy atom. The summed E-state index contributed by atoms with van der Waals surface area (Å²) in [5.74, 6) is -1.54. The first-order chi connectivity index (χ1) is 13.6. The van der Waals surface area contributed by atoms with Crippen molar-refractivity contribution in [3.05, 3.63) is 60.2 Å². The maximum atomic E-state index is 12.4. The van der Waals surface area contributed by atoms with Gasteiger partial charge in [0.1, 0.15) is 6.04 Å². The van der Waals surface area contributed by atoms with E-state index in [2.05, 4.69) is 4.72 Å². The number of nitrogens with one attached hydrogen (secondary N) is 1. The maximum absolute atomic E-state index is 12.4. The molecule has 0 bridgehead atoms. The van der Waals surface area contributed by atoms with E-state index < -0.39 is 34.5 Å². The molecule has 2 rings (SSSR count). The molecule has 0 aliphatic rings. The summed E-state index contributed by atoms with van der Waals surface area (Å²) in [6, 6.07) is 12.9. The highest BCUT2D eigenvalue weighted by atomic mass is 32.2. The van der Waals surface area contributed by atoms with Crippen molar-refractivity contribution in [1.29, 1.82) is 0 Å². The first-order valence-corrected chi connectivity index (χ1v) is 10.2. The van der Waals surface area contributed by atoms with Crippen LogP contribution in [0.4, 0.5) is 5.69 Å². The molecule has 9 heteroatoms. The van der Waals surface area contributed by atoms with Gasteiger partial charge < -0.3 is 9.64 Å². The number of benzene rings is 2. The molecule has 0 spiro atoms. The molecule has 154 valence electrons. The van der Waals surface area contributed by atoms with Gasteiger partial charge >= 0.3 is 5.97 Å². The first kappa shape index (κ1) is 22.3. The number of nitrogens with zero attached hydrogens (tertiary/aromatic N) is 1. The average Bonchev–Trinajstić information content (AvgIpc) is 2.71. The molecular formula is C20H22N2O6S. The van der Waals surface area contributed by atoms with Crippen LogP contribution in [0.2, 0.25) is 0 Å². The van der Waals surface area contributed by atoms with E-state index in [4.69, 9.17) is 4.74 Å². The van der Waals surface area contributed by atoms with Crippen LogP contribution in [-0.2, 0) is 24.3 Å². The normalized spacial score (nSPS) is 12.1. The molecule has 0 saturated heterocycles. The van der Waals surface area contributed by atoms with Gasteiger partial charge in [-0.3, -0.25) is 14.4 Å². The third-order valence-corrected chi connectivity index (χ3v) is 5.67. The number of carbonyl (C=O) groups is 3. The molecule has 8 nitrogen and oxygen atoms in total. The van der Waals surface area contributed by atoms with E-state index >= 15 is 0 Å². The van der Waals surface area contributed by atoms with Gasteiger partial charge in [-0.15, -0.1) is 0 Å². The molecule has 0 aliphatic carbocycles. The SMILES string of the molecule is CC(=O)c1ccc(S(=O)(=O)N[C@@H](C)C(=O)OCC(=O)N(C)c2ccccc2)cc1. The lowest BCUT2D eigenvalue weighted by molar-refractivity contribution is -0.149. The number of ether oxygens (including phenoxy) is 1. The van der Waals surface area contributed by atoms with E-state index in [9.17, 15) is 22.8 Å². The Kier molecular flexibility index (Phi) is 7.24. The van der Waals surface area contributed by atoms with Gasteiger partial charge in [-0.2, -0.15) is 4.72 Å². The van der Waals surface area contributed by atoms with E-state index in [1.165, 1.54) is 43.0 Å². The molecule has 0 aromatic heterocycles. The van der Waals surface area contributed by atoms with Gasteiger partial charge in [0, 0.05) is 18.3 Å². The van der Waals surface area contributed by atoms with Crippen molar-refractivity contribution < 1.29 is 27.5 Å². The van der Waals surface area contributed by atoms with Gasteiger partial charge in [-0.05, 0) is 38.1 Å². The fraction of sp³-hybridized carbons (Fsp3) is 0.250. The van der Waals surface area contributed by atoms with Gasteiger partial charge in [0.25, 0.3) is 5.91 Å². The van der Waals surface area contributed by atoms with Gasteiger partial charge in [-0.1, -0.05) is 30.3 Å². The minimum Gasteiger partial charge on any atom is -0.454 e. The number of ketones is 1. The third-order valence-electron chi connectivity index (χ3n) is 4.11. The number of carbonyl (C=O) groups excluding carboxylic acids is 3. The average molecular weight is 418 g/mol. The van der Waals surface area contributed by atoms with Gasteiger partial charge in [0.2, 0.25) is 10.0 Å². The topological polar surface area (TPSA) is 110 Å². The van der Waals surface area contributed by atoms with Crippen LogP contribution in [0, 0.1) is 0 Å². The highest BCUT2D eigenvalue weighted by molar-refractivity contribution is 7.89.